The lowest BCUT2D eigenvalue weighted by molar-refractivity contribution is -0.163. The Labute approximate surface area is 140 Å². The van der Waals surface area contributed by atoms with Gasteiger partial charge in [-0.15, -0.1) is 0 Å². The molecule has 23 heavy (non-hydrogen) atoms. The first-order valence-corrected chi connectivity index (χ1v) is 9.22. The van der Waals surface area contributed by atoms with Gasteiger partial charge in [-0.1, -0.05) is 64.7 Å². The largest absolute Gasteiger partial charge is 0.481 e. The van der Waals surface area contributed by atoms with Crippen LogP contribution in [0.15, 0.2) is 4.99 Å². The zero-order valence-electron chi connectivity index (χ0n) is 14.8. The Kier molecular flexibility index (Phi) is 9.22. The van der Waals surface area contributed by atoms with Crippen LogP contribution >= 0.6 is 0 Å². The number of rotatable bonds is 13. The van der Waals surface area contributed by atoms with Crippen molar-refractivity contribution in [3.05, 3.63) is 0 Å². The second-order valence-corrected chi connectivity index (χ2v) is 6.82. The molecular formula is C18H34N2O3. The maximum Gasteiger partial charge on any atom is 0.311 e. The molecule has 0 saturated heterocycles. The van der Waals surface area contributed by atoms with Crippen LogP contribution in [0.1, 0.15) is 78.1 Å². The molecule has 1 aliphatic rings. The summed E-state index contributed by atoms with van der Waals surface area (Å²) >= 11 is 0. The Morgan fingerprint density at radius 1 is 1.17 bits per heavy atom. The standard InChI is InChI=1S/C18H34N2O3/c1-3-4-5-6-7-8-9-10-11-12-16(17(21)22)18(2,23)20-14-13-19-15-20/h15-16,23H,3-14H2,1-2H3,(H,21,22). The minimum atomic E-state index is -1.36. The third-order valence-corrected chi connectivity index (χ3v) is 4.83. The number of carboxylic acids is 1. The van der Waals surface area contributed by atoms with Crippen molar-refractivity contribution in [2.75, 3.05) is 13.1 Å². The van der Waals surface area contributed by atoms with Crippen molar-refractivity contribution in [3.8, 4) is 0 Å². The number of hydrogen-bond donors (Lipinski definition) is 2. The van der Waals surface area contributed by atoms with Crippen LogP contribution in [-0.4, -0.2) is 46.2 Å². The normalized spacial score (nSPS) is 18.1. The van der Waals surface area contributed by atoms with E-state index in [1.54, 1.807) is 18.2 Å². The number of nitrogens with zero attached hydrogens (tertiary/aromatic N) is 2. The molecule has 0 radical (unpaired) electrons. The van der Waals surface area contributed by atoms with Gasteiger partial charge in [0.05, 0.1) is 12.9 Å². The quantitative estimate of drug-likeness (QED) is 0.507. The first kappa shape index (κ1) is 19.9. The number of aliphatic imine (C=N–C) groups is 1. The molecule has 2 atom stereocenters. The Morgan fingerprint density at radius 2 is 1.74 bits per heavy atom. The minimum absolute atomic E-state index is 0.516. The van der Waals surface area contributed by atoms with Crippen LogP contribution in [0.25, 0.3) is 0 Å². The fraction of sp³-hybridized carbons (Fsp3) is 0.889. The smallest absolute Gasteiger partial charge is 0.311 e. The molecule has 5 heteroatoms. The van der Waals surface area contributed by atoms with Crippen molar-refractivity contribution in [3.63, 3.8) is 0 Å². The van der Waals surface area contributed by atoms with E-state index < -0.39 is 17.6 Å². The van der Waals surface area contributed by atoms with Gasteiger partial charge in [-0.3, -0.25) is 9.79 Å². The molecule has 0 aliphatic carbocycles. The lowest BCUT2D eigenvalue weighted by atomic mass is 9.90. The molecule has 5 nitrogen and oxygen atoms in total. The van der Waals surface area contributed by atoms with Gasteiger partial charge >= 0.3 is 5.97 Å². The Morgan fingerprint density at radius 3 is 2.22 bits per heavy atom. The van der Waals surface area contributed by atoms with Crippen LogP contribution < -0.4 is 0 Å². The maximum atomic E-state index is 11.5. The van der Waals surface area contributed by atoms with E-state index in [1.807, 2.05) is 0 Å². The highest BCUT2D eigenvalue weighted by Crippen LogP contribution is 2.28. The number of aliphatic hydroxyl groups is 1. The average Bonchev–Trinajstić information content (AvgIpc) is 3.03. The number of carbonyl (C=O) groups is 1. The third kappa shape index (κ3) is 6.90. The van der Waals surface area contributed by atoms with Crippen molar-refractivity contribution < 1.29 is 15.0 Å². The van der Waals surface area contributed by atoms with Gasteiger partial charge in [-0.2, -0.15) is 0 Å². The average molecular weight is 326 g/mol. The van der Waals surface area contributed by atoms with Gasteiger partial charge in [0.25, 0.3) is 0 Å². The summed E-state index contributed by atoms with van der Waals surface area (Å²) in [7, 11) is 0. The van der Waals surface area contributed by atoms with E-state index in [1.165, 1.54) is 38.5 Å². The first-order valence-electron chi connectivity index (χ1n) is 9.22. The highest BCUT2D eigenvalue weighted by molar-refractivity contribution is 5.72. The van der Waals surface area contributed by atoms with Gasteiger partial charge in [0.1, 0.15) is 11.6 Å². The molecule has 0 amide bonds. The van der Waals surface area contributed by atoms with E-state index in [-0.39, 0.29) is 0 Å². The van der Waals surface area contributed by atoms with Gasteiger partial charge in [0, 0.05) is 6.54 Å². The summed E-state index contributed by atoms with van der Waals surface area (Å²) < 4.78 is 0. The van der Waals surface area contributed by atoms with E-state index in [2.05, 4.69) is 11.9 Å². The van der Waals surface area contributed by atoms with E-state index in [0.717, 1.165) is 19.3 Å². The number of carboxylic acid groups (broad SMARTS) is 1. The highest BCUT2D eigenvalue weighted by Gasteiger charge is 2.41. The van der Waals surface area contributed by atoms with Crippen molar-refractivity contribution in [2.24, 2.45) is 10.9 Å². The van der Waals surface area contributed by atoms with Gasteiger partial charge in [0.2, 0.25) is 0 Å². The summed E-state index contributed by atoms with van der Waals surface area (Å²) in [5.41, 5.74) is -1.36. The van der Waals surface area contributed by atoms with Crippen LogP contribution in [0.3, 0.4) is 0 Å². The molecular weight excluding hydrogens is 292 g/mol. The second-order valence-electron chi connectivity index (χ2n) is 6.82. The molecule has 0 aromatic rings. The molecule has 134 valence electrons. The van der Waals surface area contributed by atoms with Gasteiger partial charge in [-0.25, -0.2) is 0 Å². The zero-order chi connectivity index (χ0) is 17.1. The maximum absolute atomic E-state index is 11.5. The van der Waals surface area contributed by atoms with Crippen LogP contribution in [-0.2, 0) is 4.79 Å². The van der Waals surface area contributed by atoms with Gasteiger partial charge < -0.3 is 15.1 Å². The lowest BCUT2D eigenvalue weighted by Gasteiger charge is -2.37. The third-order valence-electron chi connectivity index (χ3n) is 4.83. The molecule has 0 bridgehead atoms. The summed E-state index contributed by atoms with van der Waals surface area (Å²) in [5, 5.41) is 20.1. The van der Waals surface area contributed by atoms with E-state index in [0.29, 0.717) is 19.5 Å². The summed E-state index contributed by atoms with van der Waals surface area (Å²) in [5.74, 6) is -1.69. The minimum Gasteiger partial charge on any atom is -0.481 e. The van der Waals surface area contributed by atoms with Crippen LogP contribution in [0.5, 0.6) is 0 Å². The van der Waals surface area contributed by atoms with Crippen LogP contribution in [0.4, 0.5) is 0 Å². The van der Waals surface area contributed by atoms with E-state index in [4.69, 9.17) is 0 Å². The molecule has 0 aromatic carbocycles. The number of aliphatic carboxylic acids is 1. The molecule has 0 spiro atoms. The summed E-state index contributed by atoms with van der Waals surface area (Å²) in [6, 6.07) is 0. The Balaban J connectivity index is 2.23. The number of hydrogen-bond acceptors (Lipinski definition) is 4. The Bertz CT molecular complexity index is 369. The predicted molar refractivity (Wildman–Crippen MR) is 93.7 cm³/mol. The fourth-order valence-corrected chi connectivity index (χ4v) is 3.21. The Hall–Kier alpha value is -1.10. The molecule has 1 rings (SSSR count). The predicted octanol–water partition coefficient (Wildman–Crippen LogP) is 3.66. The van der Waals surface area contributed by atoms with Crippen molar-refractivity contribution in [1.82, 2.24) is 4.90 Å². The molecule has 2 N–H and O–H groups in total. The van der Waals surface area contributed by atoms with E-state index in [9.17, 15) is 15.0 Å². The number of unbranched alkanes of at least 4 members (excludes halogenated alkanes) is 8. The first-order chi connectivity index (χ1) is 11.0. The fourth-order valence-electron chi connectivity index (χ4n) is 3.21. The van der Waals surface area contributed by atoms with Crippen LogP contribution in [0, 0.1) is 5.92 Å². The molecule has 1 aliphatic heterocycles. The van der Waals surface area contributed by atoms with Crippen molar-refractivity contribution >= 4 is 12.3 Å². The van der Waals surface area contributed by atoms with E-state index >= 15 is 0 Å². The molecule has 0 aromatic heterocycles. The summed E-state index contributed by atoms with van der Waals surface area (Å²) in [6.07, 6.45) is 12.9. The van der Waals surface area contributed by atoms with Crippen LogP contribution in [0.2, 0.25) is 0 Å². The molecule has 0 saturated carbocycles. The highest BCUT2D eigenvalue weighted by atomic mass is 16.4. The van der Waals surface area contributed by atoms with Gasteiger partial charge in [-0.05, 0) is 13.3 Å². The van der Waals surface area contributed by atoms with Crippen molar-refractivity contribution in [1.29, 1.82) is 0 Å². The molecule has 1 heterocycles. The SMILES string of the molecule is CCCCCCCCCCCC(C(=O)O)C(C)(O)N1C=NCC1. The zero-order valence-corrected chi connectivity index (χ0v) is 14.8. The molecule has 0 fully saturated rings. The molecule has 2 unspecified atom stereocenters. The summed E-state index contributed by atoms with van der Waals surface area (Å²) in [4.78, 5) is 17.3. The second kappa shape index (κ2) is 10.6. The lowest BCUT2D eigenvalue weighted by Crippen LogP contribution is -2.53. The summed E-state index contributed by atoms with van der Waals surface area (Å²) in [6.45, 7) is 5.04. The van der Waals surface area contributed by atoms with Gasteiger partial charge in [0.15, 0.2) is 0 Å². The van der Waals surface area contributed by atoms with Crippen molar-refractivity contribution in [2.45, 2.75) is 83.8 Å². The topological polar surface area (TPSA) is 73.1 Å². The monoisotopic (exact) mass is 326 g/mol.